The third-order valence-corrected chi connectivity index (χ3v) is 2.98. The van der Waals surface area contributed by atoms with E-state index in [-0.39, 0.29) is 17.1 Å². The van der Waals surface area contributed by atoms with Crippen LogP contribution in [0, 0.1) is 0 Å². The molecule has 1 amide bonds. The lowest BCUT2D eigenvalue weighted by atomic mass is 10.1. The second-order valence-corrected chi connectivity index (χ2v) is 4.60. The maximum absolute atomic E-state index is 12.0. The minimum absolute atomic E-state index is 0.0441. The third kappa shape index (κ3) is 3.29. The molecule has 0 aliphatic heterocycles. The van der Waals surface area contributed by atoms with Crippen LogP contribution in [0.25, 0.3) is 0 Å². The summed E-state index contributed by atoms with van der Waals surface area (Å²) >= 11 is 0. The molecule has 0 spiro atoms. The highest BCUT2D eigenvalue weighted by Gasteiger charge is 2.12. The molecule has 0 heterocycles. The van der Waals surface area contributed by atoms with Gasteiger partial charge < -0.3 is 15.5 Å². The van der Waals surface area contributed by atoms with Gasteiger partial charge in [-0.3, -0.25) is 4.79 Å². The van der Waals surface area contributed by atoms with Gasteiger partial charge >= 0.3 is 0 Å². The van der Waals surface area contributed by atoms with Crippen LogP contribution in [0.1, 0.15) is 29.3 Å². The topological polar surface area (TPSA) is 69.6 Å². The molecule has 0 unspecified atom stereocenters. The zero-order valence-corrected chi connectivity index (χ0v) is 11.3. The van der Waals surface area contributed by atoms with E-state index in [4.69, 9.17) is 0 Å². The SMILES string of the molecule is CCCc1ccc(NC(=O)c2cc(O)ccc2O)cc1. The first-order chi connectivity index (χ1) is 9.60. The maximum Gasteiger partial charge on any atom is 0.259 e. The fourth-order valence-corrected chi connectivity index (χ4v) is 1.95. The Balaban J connectivity index is 2.13. The zero-order valence-electron chi connectivity index (χ0n) is 11.3. The monoisotopic (exact) mass is 271 g/mol. The molecule has 0 fully saturated rings. The Bertz CT molecular complexity index is 606. The summed E-state index contributed by atoms with van der Waals surface area (Å²) in [5.41, 5.74) is 1.91. The summed E-state index contributed by atoms with van der Waals surface area (Å²) in [4.78, 5) is 12.0. The molecule has 2 rings (SSSR count). The van der Waals surface area contributed by atoms with E-state index in [1.165, 1.54) is 23.8 Å². The Morgan fingerprint density at radius 3 is 2.45 bits per heavy atom. The molecule has 4 heteroatoms. The number of rotatable bonds is 4. The second kappa shape index (κ2) is 6.10. The first-order valence-electron chi connectivity index (χ1n) is 6.52. The Morgan fingerprint density at radius 2 is 1.80 bits per heavy atom. The van der Waals surface area contributed by atoms with Gasteiger partial charge in [0.15, 0.2) is 0 Å². The van der Waals surface area contributed by atoms with Gasteiger partial charge in [0, 0.05) is 5.69 Å². The minimum Gasteiger partial charge on any atom is -0.508 e. The van der Waals surface area contributed by atoms with Gasteiger partial charge in [-0.05, 0) is 42.3 Å². The standard InChI is InChI=1S/C16H17NO3/c1-2-3-11-4-6-12(7-5-11)17-16(20)14-10-13(18)8-9-15(14)19/h4-10,18-19H,2-3H2,1H3,(H,17,20). The van der Waals surface area contributed by atoms with E-state index in [9.17, 15) is 15.0 Å². The van der Waals surface area contributed by atoms with E-state index in [0.29, 0.717) is 5.69 Å². The smallest absolute Gasteiger partial charge is 0.259 e. The number of nitrogens with one attached hydrogen (secondary N) is 1. The minimum atomic E-state index is -0.457. The molecule has 0 aromatic heterocycles. The van der Waals surface area contributed by atoms with Crippen molar-refractivity contribution in [2.75, 3.05) is 5.32 Å². The summed E-state index contributed by atoms with van der Waals surface area (Å²) in [6.07, 6.45) is 2.07. The number of hydrogen-bond donors (Lipinski definition) is 3. The van der Waals surface area contributed by atoms with Crippen LogP contribution >= 0.6 is 0 Å². The number of phenolic OH excluding ortho intramolecular Hbond substituents is 2. The molecule has 0 saturated heterocycles. The number of carbonyl (C=O) groups is 1. The quantitative estimate of drug-likeness (QED) is 0.747. The van der Waals surface area contributed by atoms with Crippen LogP contribution < -0.4 is 5.32 Å². The van der Waals surface area contributed by atoms with Crippen molar-refractivity contribution in [2.45, 2.75) is 19.8 Å². The summed E-state index contributed by atoms with van der Waals surface area (Å²) in [5, 5.41) is 21.7. The average Bonchev–Trinajstić information content (AvgIpc) is 2.44. The van der Waals surface area contributed by atoms with Crippen LogP contribution in [-0.4, -0.2) is 16.1 Å². The second-order valence-electron chi connectivity index (χ2n) is 4.60. The van der Waals surface area contributed by atoms with Gasteiger partial charge in [0.1, 0.15) is 11.5 Å². The fraction of sp³-hybridized carbons (Fsp3) is 0.188. The van der Waals surface area contributed by atoms with Crippen LogP contribution in [0.3, 0.4) is 0 Å². The van der Waals surface area contributed by atoms with Crippen molar-refractivity contribution < 1.29 is 15.0 Å². The summed E-state index contributed by atoms with van der Waals surface area (Å²) in [6, 6.07) is 11.4. The van der Waals surface area contributed by atoms with Crippen LogP contribution in [0.5, 0.6) is 11.5 Å². The van der Waals surface area contributed by atoms with E-state index < -0.39 is 5.91 Å². The lowest BCUT2D eigenvalue weighted by Crippen LogP contribution is -2.12. The number of phenols is 2. The summed E-state index contributed by atoms with van der Waals surface area (Å²) < 4.78 is 0. The van der Waals surface area contributed by atoms with Gasteiger partial charge in [-0.1, -0.05) is 25.5 Å². The van der Waals surface area contributed by atoms with Crippen molar-refractivity contribution in [2.24, 2.45) is 0 Å². The largest absolute Gasteiger partial charge is 0.508 e. The molecule has 2 aromatic carbocycles. The van der Waals surface area contributed by atoms with Crippen molar-refractivity contribution in [3.05, 3.63) is 53.6 Å². The van der Waals surface area contributed by atoms with Gasteiger partial charge in [-0.15, -0.1) is 0 Å². The lowest BCUT2D eigenvalue weighted by molar-refractivity contribution is 0.102. The third-order valence-electron chi connectivity index (χ3n) is 2.98. The van der Waals surface area contributed by atoms with E-state index in [1.807, 2.05) is 24.3 Å². The molecule has 0 bridgehead atoms. The molecule has 0 saturated carbocycles. The highest BCUT2D eigenvalue weighted by atomic mass is 16.3. The van der Waals surface area contributed by atoms with E-state index in [1.54, 1.807) is 0 Å². The van der Waals surface area contributed by atoms with Crippen molar-refractivity contribution in [3.8, 4) is 11.5 Å². The van der Waals surface area contributed by atoms with Crippen LogP contribution in [0.4, 0.5) is 5.69 Å². The van der Waals surface area contributed by atoms with Gasteiger partial charge in [0.2, 0.25) is 0 Å². The summed E-state index contributed by atoms with van der Waals surface area (Å²) in [5.74, 6) is -0.684. The first-order valence-corrected chi connectivity index (χ1v) is 6.52. The van der Waals surface area contributed by atoms with Crippen molar-refractivity contribution in [1.82, 2.24) is 0 Å². The average molecular weight is 271 g/mol. The van der Waals surface area contributed by atoms with Gasteiger partial charge in [-0.25, -0.2) is 0 Å². The number of benzene rings is 2. The molecule has 0 atom stereocenters. The molecule has 20 heavy (non-hydrogen) atoms. The fourth-order valence-electron chi connectivity index (χ4n) is 1.95. The van der Waals surface area contributed by atoms with Crippen molar-refractivity contribution in [3.63, 3.8) is 0 Å². The van der Waals surface area contributed by atoms with Crippen LogP contribution in [-0.2, 0) is 6.42 Å². The molecule has 2 aromatic rings. The molecular formula is C16H17NO3. The highest BCUT2D eigenvalue weighted by Crippen LogP contribution is 2.23. The van der Waals surface area contributed by atoms with Gasteiger partial charge in [0.05, 0.1) is 5.56 Å². The molecule has 4 nitrogen and oxygen atoms in total. The lowest BCUT2D eigenvalue weighted by Gasteiger charge is -2.08. The molecular weight excluding hydrogens is 254 g/mol. The van der Waals surface area contributed by atoms with Gasteiger partial charge in [-0.2, -0.15) is 0 Å². The number of carbonyl (C=O) groups excluding carboxylic acids is 1. The van der Waals surface area contributed by atoms with E-state index >= 15 is 0 Å². The highest BCUT2D eigenvalue weighted by molar-refractivity contribution is 6.06. The zero-order chi connectivity index (χ0) is 14.5. The first kappa shape index (κ1) is 13.9. The number of hydrogen-bond acceptors (Lipinski definition) is 3. The van der Waals surface area contributed by atoms with E-state index in [0.717, 1.165) is 12.8 Å². The predicted octanol–water partition coefficient (Wildman–Crippen LogP) is 3.30. The Morgan fingerprint density at radius 1 is 1.10 bits per heavy atom. The number of aryl methyl sites for hydroxylation is 1. The van der Waals surface area contributed by atoms with E-state index in [2.05, 4.69) is 12.2 Å². The Hall–Kier alpha value is -2.49. The molecule has 0 aliphatic carbocycles. The number of aromatic hydroxyl groups is 2. The number of anilines is 1. The molecule has 3 N–H and O–H groups in total. The normalized spacial score (nSPS) is 10.2. The maximum atomic E-state index is 12.0. The number of amides is 1. The van der Waals surface area contributed by atoms with Crippen LogP contribution in [0.15, 0.2) is 42.5 Å². The van der Waals surface area contributed by atoms with Crippen molar-refractivity contribution in [1.29, 1.82) is 0 Å². The van der Waals surface area contributed by atoms with Crippen molar-refractivity contribution >= 4 is 11.6 Å². The summed E-state index contributed by atoms with van der Waals surface area (Å²) in [6.45, 7) is 2.11. The summed E-state index contributed by atoms with van der Waals surface area (Å²) in [7, 11) is 0. The Kier molecular flexibility index (Phi) is 4.25. The molecule has 0 radical (unpaired) electrons. The van der Waals surface area contributed by atoms with Gasteiger partial charge in [0.25, 0.3) is 5.91 Å². The molecule has 104 valence electrons. The predicted molar refractivity (Wildman–Crippen MR) is 78.2 cm³/mol. The molecule has 0 aliphatic rings. The Labute approximate surface area is 117 Å². The van der Waals surface area contributed by atoms with Crippen LogP contribution in [0.2, 0.25) is 0 Å².